The molecule has 0 aromatic carbocycles. The molecule has 2 fully saturated rings. The predicted octanol–water partition coefficient (Wildman–Crippen LogP) is -4.61. The van der Waals surface area contributed by atoms with Crippen molar-refractivity contribution in [2.24, 2.45) is 5.73 Å². The van der Waals surface area contributed by atoms with Crippen LogP contribution in [-0.4, -0.2) is 106 Å². The molecule has 11 nitrogen and oxygen atoms in total. The first kappa shape index (κ1) is 20.4. The summed E-state index contributed by atoms with van der Waals surface area (Å²) in [5, 5.41) is 52.1. The molecule has 0 aromatic heterocycles. The Balaban J connectivity index is 2.12. The fourth-order valence-corrected chi connectivity index (χ4v) is 2.96. The molecule has 146 valence electrons. The second-order valence-corrected chi connectivity index (χ2v) is 6.20. The number of carbonyl (C=O) groups excluding carboxylic acids is 1. The van der Waals surface area contributed by atoms with Crippen LogP contribution in [0, 0.1) is 0 Å². The molecule has 0 saturated carbocycles. The maximum Gasteiger partial charge on any atom is 0.217 e. The third kappa shape index (κ3) is 4.45. The topological polar surface area (TPSA) is 184 Å². The van der Waals surface area contributed by atoms with Crippen LogP contribution < -0.4 is 11.1 Å². The number of rotatable bonds is 5. The molecule has 4 unspecified atom stereocenters. The van der Waals surface area contributed by atoms with Crippen LogP contribution in [0.1, 0.15) is 6.92 Å². The quantitative estimate of drug-likeness (QED) is 0.250. The van der Waals surface area contributed by atoms with Crippen molar-refractivity contribution in [1.82, 2.24) is 5.32 Å². The summed E-state index contributed by atoms with van der Waals surface area (Å²) in [6.45, 7) is 0.625. The van der Waals surface area contributed by atoms with E-state index in [-0.39, 0.29) is 19.1 Å². The number of ether oxygens (including phenoxy) is 3. The van der Waals surface area contributed by atoms with Gasteiger partial charge in [0.2, 0.25) is 5.91 Å². The highest BCUT2D eigenvalue weighted by Gasteiger charge is 2.48. The van der Waals surface area contributed by atoms with Crippen LogP contribution in [0.4, 0.5) is 0 Å². The zero-order valence-electron chi connectivity index (χ0n) is 13.8. The molecule has 1 amide bonds. The summed E-state index contributed by atoms with van der Waals surface area (Å²) in [5.41, 5.74) is 5.46. The minimum absolute atomic E-state index is 0.0350. The van der Waals surface area contributed by atoms with Crippen molar-refractivity contribution in [3.8, 4) is 0 Å². The van der Waals surface area contributed by atoms with Gasteiger partial charge < -0.3 is 50.8 Å². The highest BCUT2D eigenvalue weighted by molar-refractivity contribution is 5.73. The van der Waals surface area contributed by atoms with Gasteiger partial charge in [0.25, 0.3) is 0 Å². The summed E-state index contributed by atoms with van der Waals surface area (Å²) in [6.07, 6.45) is -10.3. The van der Waals surface area contributed by atoms with Gasteiger partial charge in [0.05, 0.1) is 19.3 Å². The first-order chi connectivity index (χ1) is 11.8. The van der Waals surface area contributed by atoms with E-state index in [4.69, 9.17) is 19.9 Å². The summed E-state index contributed by atoms with van der Waals surface area (Å²) < 4.78 is 16.3. The van der Waals surface area contributed by atoms with Crippen molar-refractivity contribution in [3.63, 3.8) is 0 Å². The Morgan fingerprint density at radius 3 is 2.40 bits per heavy atom. The number of aliphatic hydroxyl groups is 5. The zero-order chi connectivity index (χ0) is 18.7. The molecule has 8 N–H and O–H groups in total. The lowest BCUT2D eigenvalue weighted by molar-refractivity contribution is -0.327. The largest absolute Gasteiger partial charge is 0.394 e. The van der Waals surface area contributed by atoms with Gasteiger partial charge in [0, 0.05) is 13.5 Å². The molecule has 0 spiro atoms. The smallest absolute Gasteiger partial charge is 0.217 e. The van der Waals surface area contributed by atoms with Gasteiger partial charge in [0.15, 0.2) is 6.29 Å². The molecule has 2 heterocycles. The van der Waals surface area contributed by atoms with Gasteiger partial charge >= 0.3 is 0 Å². The van der Waals surface area contributed by atoms with Gasteiger partial charge in [-0.05, 0) is 0 Å². The van der Waals surface area contributed by atoms with Gasteiger partial charge in [0.1, 0.15) is 42.7 Å². The third-order valence-corrected chi connectivity index (χ3v) is 4.37. The molecule has 0 bridgehead atoms. The fraction of sp³-hybridized carbons (Fsp3) is 0.929. The Morgan fingerprint density at radius 1 is 1.16 bits per heavy atom. The van der Waals surface area contributed by atoms with E-state index in [0.29, 0.717) is 0 Å². The lowest BCUT2D eigenvalue weighted by Crippen LogP contribution is -2.65. The van der Waals surface area contributed by atoms with E-state index in [1.807, 2.05) is 0 Å². The van der Waals surface area contributed by atoms with Crippen molar-refractivity contribution >= 4 is 5.91 Å². The number of hydrogen-bond donors (Lipinski definition) is 7. The summed E-state index contributed by atoms with van der Waals surface area (Å²) in [4.78, 5) is 11.2. The maximum atomic E-state index is 11.2. The third-order valence-electron chi connectivity index (χ3n) is 4.37. The van der Waals surface area contributed by atoms with Gasteiger partial charge in [-0.3, -0.25) is 4.79 Å². The maximum absolute atomic E-state index is 11.2. The first-order valence-electron chi connectivity index (χ1n) is 8.03. The van der Waals surface area contributed by atoms with E-state index in [1.165, 1.54) is 6.92 Å². The summed E-state index contributed by atoms with van der Waals surface area (Å²) >= 11 is 0. The molecule has 0 radical (unpaired) electrons. The fourth-order valence-electron chi connectivity index (χ4n) is 2.96. The van der Waals surface area contributed by atoms with E-state index >= 15 is 0 Å². The summed E-state index contributed by atoms with van der Waals surface area (Å²) in [6, 6.07) is -0.785. The lowest BCUT2D eigenvalue weighted by Gasteiger charge is -2.45. The molecular weight excluding hydrogens is 340 g/mol. The van der Waals surface area contributed by atoms with Crippen LogP contribution in [0.25, 0.3) is 0 Å². The van der Waals surface area contributed by atoms with Crippen molar-refractivity contribution < 1.29 is 44.5 Å². The minimum Gasteiger partial charge on any atom is -0.394 e. The number of nitrogens with two attached hydrogens (primary N) is 1. The summed E-state index contributed by atoms with van der Waals surface area (Å²) in [5.74, 6) is -0.385. The van der Waals surface area contributed by atoms with Crippen LogP contribution in [0.5, 0.6) is 0 Å². The number of aliphatic hydroxyl groups excluding tert-OH is 5. The molecular formula is C14H26N2O9. The Morgan fingerprint density at radius 2 is 1.84 bits per heavy atom. The molecule has 25 heavy (non-hydrogen) atoms. The molecule has 2 saturated heterocycles. The van der Waals surface area contributed by atoms with E-state index in [9.17, 15) is 30.3 Å². The van der Waals surface area contributed by atoms with Crippen LogP contribution in [0.2, 0.25) is 0 Å². The zero-order valence-corrected chi connectivity index (χ0v) is 13.8. The molecule has 9 atom stereocenters. The van der Waals surface area contributed by atoms with E-state index in [0.717, 1.165) is 0 Å². The van der Waals surface area contributed by atoms with Crippen molar-refractivity contribution in [2.75, 3.05) is 19.8 Å². The van der Waals surface area contributed by atoms with Crippen LogP contribution >= 0.6 is 0 Å². The van der Waals surface area contributed by atoms with Crippen molar-refractivity contribution in [2.45, 2.75) is 62.0 Å². The average Bonchev–Trinajstić information content (AvgIpc) is 2.58. The SMILES string of the molecule is CC(=O)NC1COC(CO)[C@@H](O[C@@H]2OC(CN)[C@H](O)[C@H](O)C2O)[C@@H]1O. The average molecular weight is 366 g/mol. The van der Waals surface area contributed by atoms with Crippen molar-refractivity contribution in [3.05, 3.63) is 0 Å². The Hall–Kier alpha value is -0.890. The molecule has 2 rings (SSSR count). The van der Waals surface area contributed by atoms with E-state index in [2.05, 4.69) is 5.32 Å². The molecule has 0 aliphatic carbocycles. The standard InChI is InChI=1S/C14H26N2O9/c1-5(18)16-6-4-23-8(3-17)13(9(6)19)25-14-12(22)11(21)10(20)7(2-15)24-14/h6-14,17,19-22H,2-4,15H2,1H3,(H,16,18)/t6?,7?,8?,9-,10+,11+,12?,13-,14+/m1/s1. The normalized spacial score (nSPS) is 45.2. The van der Waals surface area contributed by atoms with E-state index < -0.39 is 61.7 Å². The predicted molar refractivity (Wildman–Crippen MR) is 81.0 cm³/mol. The van der Waals surface area contributed by atoms with E-state index in [1.54, 1.807) is 0 Å². The second kappa shape index (κ2) is 8.66. The Labute approximate surface area is 144 Å². The highest BCUT2D eigenvalue weighted by Crippen LogP contribution is 2.27. The van der Waals surface area contributed by atoms with Gasteiger partial charge in [-0.25, -0.2) is 0 Å². The molecule has 2 aliphatic rings. The number of hydrogen-bond acceptors (Lipinski definition) is 10. The lowest BCUT2D eigenvalue weighted by atomic mass is 9.96. The van der Waals surface area contributed by atoms with Crippen LogP contribution in [0.15, 0.2) is 0 Å². The van der Waals surface area contributed by atoms with Gasteiger partial charge in [-0.2, -0.15) is 0 Å². The minimum atomic E-state index is -1.61. The molecule has 0 aromatic rings. The highest BCUT2D eigenvalue weighted by atomic mass is 16.7. The van der Waals surface area contributed by atoms with Gasteiger partial charge in [-0.15, -0.1) is 0 Å². The first-order valence-corrected chi connectivity index (χ1v) is 8.03. The second-order valence-electron chi connectivity index (χ2n) is 6.20. The van der Waals surface area contributed by atoms with Crippen LogP contribution in [0.3, 0.4) is 0 Å². The molecule has 11 heteroatoms. The molecule has 2 aliphatic heterocycles. The monoisotopic (exact) mass is 366 g/mol. The number of nitrogens with one attached hydrogen (secondary N) is 1. The van der Waals surface area contributed by atoms with Gasteiger partial charge in [-0.1, -0.05) is 0 Å². The Bertz CT molecular complexity index is 452. The van der Waals surface area contributed by atoms with Crippen LogP contribution in [-0.2, 0) is 19.0 Å². The summed E-state index contributed by atoms with van der Waals surface area (Å²) in [7, 11) is 0. The number of carbonyl (C=O) groups is 1. The number of amides is 1. The van der Waals surface area contributed by atoms with Crippen molar-refractivity contribution in [1.29, 1.82) is 0 Å². The Kier molecular flexibility index (Phi) is 7.08.